The number of nitrogens with one attached hydrogen (secondary N) is 2. The molecule has 8 heteroatoms. The first kappa shape index (κ1) is 21.9. The van der Waals surface area contributed by atoms with E-state index >= 15 is 0 Å². The van der Waals surface area contributed by atoms with Crippen molar-refractivity contribution in [2.24, 2.45) is 0 Å². The first-order valence-electron chi connectivity index (χ1n) is 10.6. The second-order valence-electron chi connectivity index (χ2n) is 7.89. The van der Waals surface area contributed by atoms with Gasteiger partial charge >= 0.3 is 6.18 Å². The van der Waals surface area contributed by atoms with Gasteiger partial charge in [-0.1, -0.05) is 31.4 Å². The number of benzene rings is 2. The lowest BCUT2D eigenvalue weighted by Gasteiger charge is -2.22. The van der Waals surface area contributed by atoms with Crippen LogP contribution in [0.25, 0.3) is 0 Å². The highest BCUT2D eigenvalue weighted by Crippen LogP contribution is 2.36. The molecule has 1 fully saturated rings. The third-order valence-electron chi connectivity index (χ3n) is 5.69. The van der Waals surface area contributed by atoms with Gasteiger partial charge in [-0.25, -0.2) is 4.98 Å². The first-order chi connectivity index (χ1) is 15.4. The maximum Gasteiger partial charge on any atom is 0.421 e. The highest BCUT2D eigenvalue weighted by molar-refractivity contribution is 5.63. The van der Waals surface area contributed by atoms with Crippen molar-refractivity contribution in [3.8, 4) is 5.75 Å². The zero-order valence-electron chi connectivity index (χ0n) is 17.7. The Morgan fingerprint density at radius 1 is 0.875 bits per heavy atom. The van der Waals surface area contributed by atoms with Crippen LogP contribution in [0.5, 0.6) is 5.75 Å². The quantitative estimate of drug-likeness (QED) is 0.429. The van der Waals surface area contributed by atoms with Crippen molar-refractivity contribution in [3.63, 3.8) is 0 Å². The number of hydrogen-bond donors (Lipinski definition) is 2. The molecule has 168 valence electrons. The van der Waals surface area contributed by atoms with Crippen molar-refractivity contribution in [2.45, 2.75) is 44.2 Å². The van der Waals surface area contributed by atoms with Gasteiger partial charge in [0.2, 0.25) is 5.95 Å². The number of anilines is 4. The number of hydrogen-bond acceptors (Lipinski definition) is 5. The topological polar surface area (TPSA) is 59.1 Å². The minimum Gasteiger partial charge on any atom is -0.497 e. The van der Waals surface area contributed by atoms with Crippen LogP contribution < -0.4 is 15.4 Å². The van der Waals surface area contributed by atoms with E-state index in [2.05, 4.69) is 32.7 Å². The molecule has 4 rings (SSSR count). The van der Waals surface area contributed by atoms with Crippen LogP contribution >= 0.6 is 0 Å². The molecule has 2 N–H and O–H groups in total. The van der Waals surface area contributed by atoms with Crippen molar-refractivity contribution in [1.29, 1.82) is 0 Å². The highest BCUT2D eigenvalue weighted by Gasteiger charge is 2.35. The summed E-state index contributed by atoms with van der Waals surface area (Å²) in [6, 6.07) is 14.5. The standard InChI is InChI=1S/C24H25F3N4O/c1-32-20-13-11-18(12-14-20)29-22-21(24(25,26)27)15-28-23(31-22)30-19-9-7-17(8-10-19)16-5-3-2-4-6-16/h7-16H,2-6H2,1H3,(H2,28,29,30,31). The van der Waals surface area contributed by atoms with Crippen molar-refractivity contribution in [3.05, 3.63) is 65.9 Å². The summed E-state index contributed by atoms with van der Waals surface area (Å²) in [6.07, 6.45) is 2.42. The Labute approximate surface area is 185 Å². The van der Waals surface area contributed by atoms with E-state index in [0.29, 0.717) is 17.4 Å². The van der Waals surface area contributed by atoms with Gasteiger partial charge in [-0.05, 0) is 60.7 Å². The summed E-state index contributed by atoms with van der Waals surface area (Å²) in [7, 11) is 1.52. The van der Waals surface area contributed by atoms with E-state index in [4.69, 9.17) is 4.74 Å². The molecule has 0 radical (unpaired) electrons. The lowest BCUT2D eigenvalue weighted by Crippen LogP contribution is -2.12. The zero-order chi connectivity index (χ0) is 22.6. The predicted molar refractivity (Wildman–Crippen MR) is 119 cm³/mol. The molecular formula is C24H25F3N4O. The summed E-state index contributed by atoms with van der Waals surface area (Å²) in [4.78, 5) is 7.98. The molecule has 1 heterocycles. The Hall–Kier alpha value is -3.29. The van der Waals surface area contributed by atoms with E-state index in [1.54, 1.807) is 24.3 Å². The maximum absolute atomic E-state index is 13.5. The van der Waals surface area contributed by atoms with Crippen molar-refractivity contribution < 1.29 is 17.9 Å². The number of halogens is 3. The van der Waals surface area contributed by atoms with E-state index in [-0.39, 0.29) is 11.8 Å². The third-order valence-corrected chi connectivity index (χ3v) is 5.69. The third kappa shape index (κ3) is 5.30. The minimum atomic E-state index is -4.59. The molecule has 0 spiro atoms. The lowest BCUT2D eigenvalue weighted by molar-refractivity contribution is -0.137. The van der Waals surface area contributed by atoms with Crippen LogP contribution in [0.15, 0.2) is 54.7 Å². The van der Waals surface area contributed by atoms with Crippen LogP contribution in [-0.2, 0) is 6.18 Å². The van der Waals surface area contributed by atoms with Crippen molar-refractivity contribution in [1.82, 2.24) is 9.97 Å². The summed E-state index contributed by atoms with van der Waals surface area (Å²) < 4.78 is 45.6. The first-order valence-corrected chi connectivity index (χ1v) is 10.6. The highest BCUT2D eigenvalue weighted by atomic mass is 19.4. The van der Waals surface area contributed by atoms with Gasteiger partial charge in [0.1, 0.15) is 17.1 Å². The fourth-order valence-corrected chi connectivity index (χ4v) is 3.96. The van der Waals surface area contributed by atoms with Crippen LogP contribution in [0.4, 0.5) is 36.3 Å². The van der Waals surface area contributed by atoms with E-state index < -0.39 is 11.7 Å². The van der Waals surface area contributed by atoms with Gasteiger partial charge in [0.25, 0.3) is 0 Å². The Morgan fingerprint density at radius 3 is 2.12 bits per heavy atom. The van der Waals surface area contributed by atoms with Crippen LogP contribution in [0.2, 0.25) is 0 Å². The molecule has 0 atom stereocenters. The van der Waals surface area contributed by atoms with Gasteiger partial charge in [0.05, 0.1) is 7.11 Å². The van der Waals surface area contributed by atoms with E-state index in [1.807, 2.05) is 12.1 Å². The van der Waals surface area contributed by atoms with Gasteiger partial charge in [-0.15, -0.1) is 0 Å². The van der Waals surface area contributed by atoms with Gasteiger partial charge < -0.3 is 15.4 Å². The molecule has 32 heavy (non-hydrogen) atoms. The van der Waals surface area contributed by atoms with Gasteiger partial charge in [-0.3, -0.25) is 0 Å². The summed E-state index contributed by atoms with van der Waals surface area (Å²) >= 11 is 0. The summed E-state index contributed by atoms with van der Waals surface area (Å²) in [5.41, 5.74) is 1.54. The second kappa shape index (κ2) is 9.46. The molecule has 2 aromatic carbocycles. The van der Waals surface area contributed by atoms with Gasteiger partial charge in [0, 0.05) is 17.6 Å². The number of alkyl halides is 3. The average Bonchev–Trinajstić information content (AvgIpc) is 2.80. The van der Waals surface area contributed by atoms with Crippen molar-refractivity contribution >= 4 is 23.1 Å². The summed E-state index contributed by atoms with van der Waals surface area (Å²) in [6.45, 7) is 0. The fraction of sp³-hybridized carbons (Fsp3) is 0.333. The molecule has 5 nitrogen and oxygen atoms in total. The minimum absolute atomic E-state index is 0.0828. The van der Waals surface area contributed by atoms with Crippen LogP contribution in [0.1, 0.15) is 49.1 Å². The molecule has 3 aromatic rings. The monoisotopic (exact) mass is 442 g/mol. The maximum atomic E-state index is 13.5. The molecule has 1 aromatic heterocycles. The van der Waals surface area contributed by atoms with Gasteiger partial charge in [0.15, 0.2) is 0 Å². The average molecular weight is 442 g/mol. The largest absolute Gasteiger partial charge is 0.497 e. The van der Waals surface area contributed by atoms with Gasteiger partial charge in [-0.2, -0.15) is 18.2 Å². The zero-order valence-corrected chi connectivity index (χ0v) is 17.7. The molecular weight excluding hydrogens is 417 g/mol. The lowest BCUT2D eigenvalue weighted by atomic mass is 9.84. The number of aromatic nitrogens is 2. The molecule has 0 unspecified atom stereocenters. The summed E-state index contributed by atoms with van der Waals surface area (Å²) in [5, 5.41) is 5.75. The smallest absolute Gasteiger partial charge is 0.421 e. The van der Waals surface area contributed by atoms with E-state index in [1.165, 1.54) is 44.8 Å². The molecule has 0 saturated heterocycles. The number of ether oxygens (including phenoxy) is 1. The Kier molecular flexibility index (Phi) is 6.48. The Bertz CT molecular complexity index is 1030. The Balaban J connectivity index is 1.54. The molecule has 0 bridgehead atoms. The molecule has 0 amide bonds. The van der Waals surface area contributed by atoms with Crippen LogP contribution in [0.3, 0.4) is 0 Å². The van der Waals surface area contributed by atoms with E-state index in [9.17, 15) is 13.2 Å². The molecule has 0 aliphatic heterocycles. The SMILES string of the molecule is COc1ccc(Nc2nc(Nc3ccc(C4CCCCC4)cc3)ncc2C(F)(F)F)cc1. The van der Waals surface area contributed by atoms with Crippen molar-refractivity contribution in [2.75, 3.05) is 17.7 Å². The van der Waals surface area contributed by atoms with Crippen LogP contribution in [-0.4, -0.2) is 17.1 Å². The number of methoxy groups -OCH3 is 1. The number of nitrogens with zero attached hydrogens (tertiary/aromatic N) is 2. The van der Waals surface area contributed by atoms with E-state index in [0.717, 1.165) is 11.9 Å². The normalized spacial score (nSPS) is 14.8. The predicted octanol–water partition coefficient (Wildman–Crippen LogP) is 7.04. The molecule has 1 saturated carbocycles. The Morgan fingerprint density at radius 2 is 1.50 bits per heavy atom. The number of rotatable bonds is 6. The second-order valence-corrected chi connectivity index (χ2v) is 7.89. The van der Waals surface area contributed by atoms with Crippen LogP contribution in [0, 0.1) is 0 Å². The molecule has 1 aliphatic rings. The fourth-order valence-electron chi connectivity index (χ4n) is 3.96. The summed E-state index contributed by atoms with van der Waals surface area (Å²) in [5.74, 6) is 0.951. The molecule has 1 aliphatic carbocycles.